The van der Waals surface area contributed by atoms with Gasteiger partial charge in [0.2, 0.25) is 5.95 Å². The standard InChI is InChI=1S/C12H12F2N4O/c1-3-19-12-17-10(16-11(15)18-12)8-7(13)5-4-6(2)9(8)14/h4-5H,3H2,1-2H3,(H2,15,16,17,18). The molecule has 1 aromatic carbocycles. The number of nitrogen functional groups attached to an aromatic ring is 1. The summed E-state index contributed by atoms with van der Waals surface area (Å²) in [4.78, 5) is 11.3. The van der Waals surface area contributed by atoms with Gasteiger partial charge in [0, 0.05) is 0 Å². The van der Waals surface area contributed by atoms with E-state index in [1.807, 2.05) is 0 Å². The van der Waals surface area contributed by atoms with E-state index >= 15 is 0 Å². The first-order chi connectivity index (χ1) is 9.02. The highest BCUT2D eigenvalue weighted by Crippen LogP contribution is 2.26. The summed E-state index contributed by atoms with van der Waals surface area (Å²) in [5.74, 6) is -1.84. The van der Waals surface area contributed by atoms with Crippen molar-refractivity contribution in [3.8, 4) is 17.4 Å². The molecule has 100 valence electrons. The zero-order valence-corrected chi connectivity index (χ0v) is 10.4. The van der Waals surface area contributed by atoms with Gasteiger partial charge in [-0.2, -0.15) is 15.0 Å². The van der Waals surface area contributed by atoms with E-state index in [2.05, 4.69) is 15.0 Å². The van der Waals surface area contributed by atoms with Gasteiger partial charge in [-0.15, -0.1) is 0 Å². The molecular weight excluding hydrogens is 254 g/mol. The van der Waals surface area contributed by atoms with Gasteiger partial charge in [-0.3, -0.25) is 0 Å². The van der Waals surface area contributed by atoms with E-state index in [1.54, 1.807) is 6.92 Å². The number of hydrogen-bond acceptors (Lipinski definition) is 5. The zero-order valence-electron chi connectivity index (χ0n) is 10.4. The predicted octanol–water partition coefficient (Wildman–Crippen LogP) is 2.11. The highest BCUT2D eigenvalue weighted by molar-refractivity contribution is 5.59. The van der Waals surface area contributed by atoms with Crippen LogP contribution in [0.4, 0.5) is 14.7 Å². The number of rotatable bonds is 3. The Morgan fingerprint density at radius 2 is 1.95 bits per heavy atom. The van der Waals surface area contributed by atoms with E-state index in [9.17, 15) is 8.78 Å². The minimum Gasteiger partial charge on any atom is -0.464 e. The van der Waals surface area contributed by atoms with E-state index in [4.69, 9.17) is 10.5 Å². The van der Waals surface area contributed by atoms with Crippen molar-refractivity contribution >= 4 is 5.95 Å². The lowest BCUT2D eigenvalue weighted by Crippen LogP contribution is -2.06. The first kappa shape index (κ1) is 13.1. The number of benzene rings is 1. The molecule has 2 N–H and O–H groups in total. The van der Waals surface area contributed by atoms with Crippen molar-refractivity contribution < 1.29 is 13.5 Å². The minimum absolute atomic E-state index is 0.0645. The van der Waals surface area contributed by atoms with Crippen LogP contribution in [0.3, 0.4) is 0 Å². The molecular formula is C12H12F2N4O. The Hall–Kier alpha value is -2.31. The Labute approximate surface area is 108 Å². The van der Waals surface area contributed by atoms with Crippen LogP contribution in [-0.4, -0.2) is 21.6 Å². The van der Waals surface area contributed by atoms with E-state index in [-0.39, 0.29) is 28.9 Å². The van der Waals surface area contributed by atoms with Gasteiger partial charge in [0.1, 0.15) is 11.6 Å². The molecule has 0 aliphatic carbocycles. The van der Waals surface area contributed by atoms with Crippen LogP contribution in [0.15, 0.2) is 12.1 Å². The van der Waals surface area contributed by atoms with E-state index in [0.29, 0.717) is 6.61 Å². The third-order valence-electron chi connectivity index (χ3n) is 2.41. The lowest BCUT2D eigenvalue weighted by molar-refractivity contribution is 0.312. The molecule has 0 saturated heterocycles. The molecule has 0 atom stereocenters. The van der Waals surface area contributed by atoms with Crippen molar-refractivity contribution in [3.63, 3.8) is 0 Å². The number of ether oxygens (including phenoxy) is 1. The van der Waals surface area contributed by atoms with Gasteiger partial charge in [0.05, 0.1) is 12.2 Å². The number of nitrogens with two attached hydrogens (primary N) is 1. The van der Waals surface area contributed by atoms with Crippen LogP contribution >= 0.6 is 0 Å². The molecule has 19 heavy (non-hydrogen) atoms. The molecule has 0 amide bonds. The van der Waals surface area contributed by atoms with Crippen LogP contribution in [0.1, 0.15) is 12.5 Å². The van der Waals surface area contributed by atoms with Crippen molar-refractivity contribution in [2.45, 2.75) is 13.8 Å². The number of hydrogen-bond donors (Lipinski definition) is 1. The number of anilines is 1. The quantitative estimate of drug-likeness (QED) is 0.920. The monoisotopic (exact) mass is 266 g/mol. The number of nitrogens with zero attached hydrogens (tertiary/aromatic N) is 3. The lowest BCUT2D eigenvalue weighted by Gasteiger charge is -2.08. The van der Waals surface area contributed by atoms with Gasteiger partial charge in [0.15, 0.2) is 5.82 Å². The van der Waals surface area contributed by atoms with Gasteiger partial charge in [0.25, 0.3) is 0 Å². The van der Waals surface area contributed by atoms with Crippen molar-refractivity contribution in [1.82, 2.24) is 15.0 Å². The molecule has 0 saturated carbocycles. The maximum Gasteiger partial charge on any atom is 0.321 e. The van der Waals surface area contributed by atoms with Gasteiger partial charge >= 0.3 is 6.01 Å². The highest BCUT2D eigenvalue weighted by atomic mass is 19.1. The summed E-state index contributed by atoms with van der Waals surface area (Å²) in [6.07, 6.45) is 0. The van der Waals surface area contributed by atoms with Crippen molar-refractivity contribution in [3.05, 3.63) is 29.3 Å². The number of aryl methyl sites for hydroxylation is 1. The molecule has 2 rings (SSSR count). The Balaban J connectivity index is 2.62. The molecule has 0 fully saturated rings. The summed E-state index contributed by atoms with van der Waals surface area (Å²) < 4.78 is 32.8. The Kier molecular flexibility index (Phi) is 3.55. The van der Waals surface area contributed by atoms with E-state index in [0.717, 1.165) is 6.07 Å². The summed E-state index contributed by atoms with van der Waals surface area (Å²) in [6.45, 7) is 3.56. The van der Waals surface area contributed by atoms with Crippen molar-refractivity contribution in [1.29, 1.82) is 0 Å². The van der Waals surface area contributed by atoms with Crippen molar-refractivity contribution in [2.75, 3.05) is 12.3 Å². The molecule has 0 unspecified atom stereocenters. The molecule has 1 heterocycles. The first-order valence-corrected chi connectivity index (χ1v) is 5.62. The van der Waals surface area contributed by atoms with Gasteiger partial charge in [-0.05, 0) is 25.5 Å². The molecule has 7 heteroatoms. The van der Waals surface area contributed by atoms with E-state index < -0.39 is 11.6 Å². The third-order valence-corrected chi connectivity index (χ3v) is 2.41. The minimum atomic E-state index is -0.767. The summed E-state index contributed by atoms with van der Waals surface area (Å²) >= 11 is 0. The van der Waals surface area contributed by atoms with Gasteiger partial charge in [-0.1, -0.05) is 6.07 Å². The zero-order chi connectivity index (χ0) is 14.0. The average Bonchev–Trinajstić information content (AvgIpc) is 2.34. The molecule has 0 aliphatic heterocycles. The largest absolute Gasteiger partial charge is 0.464 e. The summed E-state index contributed by atoms with van der Waals surface area (Å²) in [5.41, 5.74) is 5.43. The summed E-state index contributed by atoms with van der Waals surface area (Å²) in [5, 5.41) is 0. The van der Waals surface area contributed by atoms with Crippen molar-refractivity contribution in [2.24, 2.45) is 0 Å². The van der Waals surface area contributed by atoms with Crippen LogP contribution < -0.4 is 10.5 Å². The predicted molar refractivity (Wildman–Crippen MR) is 65.5 cm³/mol. The average molecular weight is 266 g/mol. The Morgan fingerprint density at radius 1 is 1.21 bits per heavy atom. The molecule has 2 aromatic rings. The van der Waals surface area contributed by atoms with Gasteiger partial charge < -0.3 is 10.5 Å². The topological polar surface area (TPSA) is 73.9 Å². The highest BCUT2D eigenvalue weighted by Gasteiger charge is 2.18. The number of aromatic nitrogens is 3. The smallest absolute Gasteiger partial charge is 0.321 e. The molecule has 5 nitrogen and oxygen atoms in total. The first-order valence-electron chi connectivity index (χ1n) is 5.62. The van der Waals surface area contributed by atoms with Crippen LogP contribution in [0.2, 0.25) is 0 Å². The van der Waals surface area contributed by atoms with Crippen LogP contribution in [0.25, 0.3) is 11.4 Å². The molecule has 0 radical (unpaired) electrons. The third kappa shape index (κ3) is 2.59. The SMILES string of the molecule is CCOc1nc(N)nc(-c2c(F)ccc(C)c2F)n1. The Morgan fingerprint density at radius 3 is 2.63 bits per heavy atom. The van der Waals surface area contributed by atoms with Gasteiger partial charge in [-0.25, -0.2) is 8.78 Å². The Bertz CT molecular complexity index is 619. The number of halogens is 2. The maximum atomic E-state index is 14.0. The van der Waals surface area contributed by atoms with Crippen LogP contribution in [0.5, 0.6) is 6.01 Å². The second-order valence-electron chi connectivity index (χ2n) is 3.79. The second kappa shape index (κ2) is 5.13. The summed E-state index contributed by atoms with van der Waals surface area (Å²) in [7, 11) is 0. The van der Waals surface area contributed by atoms with Crippen LogP contribution in [0, 0.1) is 18.6 Å². The van der Waals surface area contributed by atoms with E-state index in [1.165, 1.54) is 13.0 Å². The molecule has 0 aliphatic rings. The molecule has 0 spiro atoms. The lowest BCUT2D eigenvalue weighted by atomic mass is 10.1. The second-order valence-corrected chi connectivity index (χ2v) is 3.79. The molecule has 0 bridgehead atoms. The molecule has 1 aromatic heterocycles. The normalized spacial score (nSPS) is 10.5. The fourth-order valence-corrected chi connectivity index (χ4v) is 1.54. The van der Waals surface area contributed by atoms with Crippen LogP contribution in [-0.2, 0) is 0 Å². The maximum absolute atomic E-state index is 14.0. The fourth-order valence-electron chi connectivity index (χ4n) is 1.54. The fraction of sp³-hybridized carbons (Fsp3) is 0.250. The summed E-state index contributed by atoms with van der Waals surface area (Å²) in [6, 6.07) is 2.42.